The van der Waals surface area contributed by atoms with Gasteiger partial charge >= 0.3 is 6.18 Å². The Hall–Kier alpha value is -2.76. The minimum atomic E-state index is -4.63. The van der Waals surface area contributed by atoms with Gasteiger partial charge in [0, 0.05) is 17.9 Å². The van der Waals surface area contributed by atoms with Crippen molar-refractivity contribution in [3.8, 4) is 17.5 Å². The van der Waals surface area contributed by atoms with Crippen molar-refractivity contribution in [3.63, 3.8) is 0 Å². The number of aromatic nitrogens is 2. The summed E-state index contributed by atoms with van der Waals surface area (Å²) in [5.41, 5.74) is 0.328. The van der Waals surface area contributed by atoms with Crippen LogP contribution in [0.1, 0.15) is 22.5 Å². The number of rotatable bonds is 3. The molecule has 150 valence electrons. The van der Waals surface area contributed by atoms with Crippen LogP contribution in [-0.4, -0.2) is 24.5 Å². The van der Waals surface area contributed by atoms with Crippen molar-refractivity contribution in [2.45, 2.75) is 11.9 Å². The maximum atomic E-state index is 13.1. The average molecular weight is 439 g/mol. The van der Waals surface area contributed by atoms with Crippen LogP contribution in [0.15, 0.2) is 54.6 Å². The lowest BCUT2D eigenvalue weighted by atomic mass is 10.1. The highest BCUT2D eigenvalue weighted by Crippen LogP contribution is 2.30. The highest BCUT2D eigenvalue weighted by Gasteiger charge is 2.35. The number of hydrogen-bond acceptors (Lipinski definition) is 3. The zero-order valence-electron chi connectivity index (χ0n) is 15.0. The third kappa shape index (κ3) is 5.40. The molecule has 0 spiro atoms. The van der Waals surface area contributed by atoms with E-state index in [4.69, 9.17) is 11.6 Å². The topological polar surface area (TPSA) is 52.0 Å². The van der Waals surface area contributed by atoms with Crippen LogP contribution in [0.25, 0.3) is 5.69 Å². The molecule has 3 aromatic rings. The van der Waals surface area contributed by atoms with E-state index in [1.165, 1.54) is 0 Å². The van der Waals surface area contributed by atoms with Gasteiger partial charge in [-0.3, -0.25) is 0 Å². The summed E-state index contributed by atoms with van der Waals surface area (Å²) in [7, 11) is -3.16. The Morgan fingerprint density at radius 1 is 1.07 bits per heavy atom. The Labute approximate surface area is 170 Å². The van der Waals surface area contributed by atoms with Gasteiger partial charge in [-0.1, -0.05) is 41.8 Å². The molecule has 0 saturated heterocycles. The third-order valence-electron chi connectivity index (χ3n) is 3.80. The number of hydrogen-bond donors (Lipinski definition) is 0. The van der Waals surface area contributed by atoms with Crippen LogP contribution in [0.3, 0.4) is 0 Å². The largest absolute Gasteiger partial charge is 0.435 e. The smallest absolute Gasteiger partial charge is 0.229 e. The van der Waals surface area contributed by atoms with E-state index < -0.39 is 21.7 Å². The molecule has 0 fully saturated rings. The van der Waals surface area contributed by atoms with Crippen LogP contribution in [0.2, 0.25) is 5.02 Å². The first-order chi connectivity index (χ1) is 13.5. The van der Waals surface area contributed by atoms with Crippen molar-refractivity contribution in [2.75, 3.05) is 6.26 Å². The molecule has 0 amide bonds. The second-order valence-corrected chi connectivity index (χ2v) is 8.84. The normalized spacial score (nSPS) is 11.8. The molecule has 29 heavy (non-hydrogen) atoms. The minimum absolute atomic E-state index is 0.0191. The van der Waals surface area contributed by atoms with Crippen LogP contribution in [0.4, 0.5) is 13.2 Å². The lowest BCUT2D eigenvalue weighted by Gasteiger charge is -2.06. The Morgan fingerprint density at radius 3 is 2.31 bits per heavy atom. The van der Waals surface area contributed by atoms with E-state index in [0.29, 0.717) is 11.1 Å². The molecule has 0 saturated carbocycles. The second-order valence-electron chi connectivity index (χ2n) is 6.29. The van der Waals surface area contributed by atoms with E-state index in [2.05, 4.69) is 16.9 Å². The van der Waals surface area contributed by atoms with Crippen molar-refractivity contribution in [3.05, 3.63) is 82.1 Å². The Bertz CT molecular complexity index is 1210. The highest BCUT2D eigenvalue weighted by molar-refractivity contribution is 7.89. The average Bonchev–Trinajstić information content (AvgIpc) is 3.05. The Kier molecular flexibility index (Phi) is 5.73. The van der Waals surface area contributed by atoms with Crippen molar-refractivity contribution >= 4 is 21.4 Å². The van der Waals surface area contributed by atoms with E-state index in [9.17, 15) is 21.6 Å². The summed E-state index contributed by atoms with van der Waals surface area (Å²) >= 11 is 6.10. The van der Waals surface area contributed by atoms with E-state index >= 15 is 0 Å². The summed E-state index contributed by atoms with van der Waals surface area (Å²) in [4.78, 5) is 0. The molecule has 0 aliphatic rings. The zero-order chi connectivity index (χ0) is 21.2. The van der Waals surface area contributed by atoms with Crippen LogP contribution in [-0.2, 0) is 21.8 Å². The van der Waals surface area contributed by atoms with Gasteiger partial charge in [0.25, 0.3) is 0 Å². The monoisotopic (exact) mass is 438 g/mol. The molecule has 0 bridgehead atoms. The molecule has 0 radical (unpaired) electrons. The molecular formula is C20H14ClF3N2O2S. The van der Waals surface area contributed by atoms with Crippen LogP contribution in [0, 0.1) is 11.8 Å². The third-order valence-corrected chi connectivity index (χ3v) is 4.98. The van der Waals surface area contributed by atoms with Gasteiger partial charge in [0.15, 0.2) is 15.5 Å². The van der Waals surface area contributed by atoms with Gasteiger partial charge in [-0.2, -0.15) is 18.3 Å². The fraction of sp³-hybridized carbons (Fsp3) is 0.150. The van der Waals surface area contributed by atoms with Crippen molar-refractivity contribution < 1.29 is 21.6 Å². The van der Waals surface area contributed by atoms with Gasteiger partial charge in [0.1, 0.15) is 5.69 Å². The quantitative estimate of drug-likeness (QED) is 0.566. The van der Waals surface area contributed by atoms with Gasteiger partial charge in [-0.15, -0.1) is 0 Å². The van der Waals surface area contributed by atoms with Gasteiger partial charge < -0.3 is 0 Å². The molecule has 4 nitrogen and oxygen atoms in total. The second kappa shape index (κ2) is 7.93. The Morgan fingerprint density at radius 2 is 1.72 bits per heavy atom. The van der Waals surface area contributed by atoms with E-state index in [0.717, 1.165) is 17.0 Å². The number of benzene rings is 2. The minimum Gasteiger partial charge on any atom is -0.229 e. The maximum Gasteiger partial charge on any atom is 0.435 e. The van der Waals surface area contributed by atoms with E-state index in [1.807, 2.05) is 0 Å². The van der Waals surface area contributed by atoms with Gasteiger partial charge in [0.2, 0.25) is 0 Å². The first-order valence-electron chi connectivity index (χ1n) is 8.24. The lowest BCUT2D eigenvalue weighted by molar-refractivity contribution is -0.141. The molecule has 9 heteroatoms. The van der Waals surface area contributed by atoms with Crippen molar-refractivity contribution in [1.29, 1.82) is 0 Å². The first kappa shape index (κ1) is 21.0. The number of para-hydroxylation sites is 1. The summed E-state index contributed by atoms with van der Waals surface area (Å²) in [6, 6.07) is 13.7. The van der Waals surface area contributed by atoms with Crippen LogP contribution >= 0.6 is 11.6 Å². The highest BCUT2D eigenvalue weighted by atomic mass is 35.5. The number of alkyl halides is 3. The molecule has 0 aliphatic heterocycles. The van der Waals surface area contributed by atoms with Gasteiger partial charge in [-0.05, 0) is 35.7 Å². The molecule has 0 N–H and O–H groups in total. The van der Waals surface area contributed by atoms with Crippen molar-refractivity contribution in [2.24, 2.45) is 0 Å². The summed E-state index contributed by atoms with van der Waals surface area (Å²) in [6.45, 7) is 0. The molecule has 0 unspecified atom stereocenters. The summed E-state index contributed by atoms with van der Waals surface area (Å²) in [5.74, 6) is 5.36. The van der Waals surface area contributed by atoms with Gasteiger partial charge in [-0.25, -0.2) is 13.1 Å². The zero-order valence-corrected chi connectivity index (χ0v) is 16.6. The summed E-state index contributed by atoms with van der Waals surface area (Å²) in [6.07, 6.45) is -3.49. The molecule has 3 rings (SSSR count). The van der Waals surface area contributed by atoms with Crippen LogP contribution < -0.4 is 0 Å². The fourth-order valence-corrected chi connectivity index (χ4v) is 3.55. The predicted molar refractivity (Wildman–Crippen MR) is 105 cm³/mol. The molecule has 1 aromatic heterocycles. The predicted octanol–water partition coefficient (Wildman–Crippen LogP) is 4.49. The molecule has 1 heterocycles. The summed E-state index contributed by atoms with van der Waals surface area (Å²) < 4.78 is 63.1. The first-order valence-corrected chi connectivity index (χ1v) is 10.7. The molecular weight excluding hydrogens is 425 g/mol. The van der Waals surface area contributed by atoms with Crippen molar-refractivity contribution in [1.82, 2.24) is 9.78 Å². The molecule has 0 atom stereocenters. The van der Waals surface area contributed by atoms with E-state index in [1.54, 1.807) is 48.5 Å². The lowest BCUT2D eigenvalue weighted by Crippen LogP contribution is -2.07. The maximum absolute atomic E-state index is 13.1. The van der Waals surface area contributed by atoms with Crippen LogP contribution in [0.5, 0.6) is 0 Å². The van der Waals surface area contributed by atoms with Gasteiger partial charge in [0.05, 0.1) is 16.5 Å². The number of sulfone groups is 1. The van der Waals surface area contributed by atoms with E-state index in [-0.39, 0.29) is 22.2 Å². The molecule has 2 aromatic carbocycles. The fourth-order valence-electron chi connectivity index (χ4n) is 2.54. The SMILES string of the molecule is CS(=O)(=O)Cc1ccc(C#Cc2cc(C(F)(F)F)nn2-c2ccccc2Cl)cc1. The Balaban J connectivity index is 2.00. The molecule has 0 aliphatic carbocycles. The summed E-state index contributed by atoms with van der Waals surface area (Å²) in [5, 5.41) is 3.85. The number of nitrogens with zero attached hydrogens (tertiary/aromatic N) is 2. The number of halogens is 4. The standard InChI is InChI=1S/C20H14ClF3N2O2S/c1-29(27,28)13-15-8-6-14(7-9-15)10-11-16-12-19(20(22,23)24)25-26(16)18-5-3-2-4-17(18)21/h2-9,12H,13H2,1H3.